The van der Waals surface area contributed by atoms with Crippen LogP contribution in [0.1, 0.15) is 44.6 Å². The maximum atomic E-state index is 13.4. The molecule has 1 fully saturated rings. The number of hydrogen-bond acceptors (Lipinski definition) is 0. The summed E-state index contributed by atoms with van der Waals surface area (Å²) < 4.78 is 15.7. The van der Waals surface area contributed by atoms with Gasteiger partial charge in [0.15, 0.2) is 0 Å². The Morgan fingerprint density at radius 2 is 1.83 bits per heavy atom. The van der Waals surface area contributed by atoms with Gasteiger partial charge in [-0.15, -0.1) is 0 Å². The quantitative estimate of drug-likeness (QED) is 0.614. The van der Waals surface area contributed by atoms with Gasteiger partial charge in [0.2, 0.25) is 0 Å². The number of fused-ring (bicyclic) bond motifs is 1. The number of aromatic nitrogens is 1. The lowest BCUT2D eigenvalue weighted by molar-refractivity contribution is 0.456. The van der Waals surface area contributed by atoms with E-state index in [2.05, 4.69) is 10.8 Å². The molecule has 1 aromatic carbocycles. The minimum absolute atomic E-state index is 0.219. The highest BCUT2D eigenvalue weighted by Gasteiger charge is 2.16. The fraction of sp³-hybridized carbons (Fsp3) is 0.467. The second-order valence-corrected chi connectivity index (χ2v) is 5.60. The Morgan fingerprint density at radius 3 is 2.56 bits per heavy atom. The van der Waals surface area contributed by atoms with Gasteiger partial charge < -0.3 is 4.57 Å². The summed E-state index contributed by atoms with van der Waals surface area (Å²) in [6.07, 6.45) is 9.78. The van der Waals surface area contributed by atoms with E-state index in [9.17, 15) is 4.39 Å². The molecular formula is C15H17ClFN. The monoisotopic (exact) mass is 265 g/mol. The van der Waals surface area contributed by atoms with E-state index in [1.807, 2.05) is 6.07 Å². The highest BCUT2D eigenvalue weighted by Crippen LogP contribution is 2.32. The fourth-order valence-electron chi connectivity index (χ4n) is 3.00. The number of nitrogens with zero attached hydrogens (tertiary/aromatic N) is 1. The van der Waals surface area contributed by atoms with Crippen molar-refractivity contribution >= 4 is 22.5 Å². The Morgan fingerprint density at radius 1 is 1.11 bits per heavy atom. The van der Waals surface area contributed by atoms with Gasteiger partial charge in [-0.05, 0) is 31.0 Å². The van der Waals surface area contributed by atoms with Gasteiger partial charge in [0.05, 0.1) is 5.02 Å². The van der Waals surface area contributed by atoms with Gasteiger partial charge in [-0.2, -0.15) is 0 Å². The van der Waals surface area contributed by atoms with Gasteiger partial charge in [0, 0.05) is 23.1 Å². The zero-order valence-corrected chi connectivity index (χ0v) is 11.1. The summed E-state index contributed by atoms with van der Waals surface area (Å²) in [5.74, 6) is -0.331. The fourth-order valence-corrected chi connectivity index (χ4v) is 3.16. The smallest absolute Gasteiger partial charge is 0.142 e. The molecule has 3 heteroatoms. The maximum Gasteiger partial charge on any atom is 0.142 e. The highest BCUT2D eigenvalue weighted by atomic mass is 35.5. The molecule has 0 amide bonds. The molecule has 0 bridgehead atoms. The maximum absolute atomic E-state index is 13.4. The van der Waals surface area contributed by atoms with E-state index in [0.29, 0.717) is 6.04 Å². The van der Waals surface area contributed by atoms with E-state index < -0.39 is 0 Å². The Balaban J connectivity index is 2.03. The van der Waals surface area contributed by atoms with Crippen LogP contribution in [-0.2, 0) is 0 Å². The molecule has 1 saturated carbocycles. The molecule has 1 aliphatic carbocycles. The van der Waals surface area contributed by atoms with E-state index in [4.69, 9.17) is 11.6 Å². The molecule has 0 saturated heterocycles. The van der Waals surface area contributed by atoms with Crippen molar-refractivity contribution in [2.45, 2.75) is 44.6 Å². The van der Waals surface area contributed by atoms with Crippen LogP contribution in [0.25, 0.3) is 10.9 Å². The van der Waals surface area contributed by atoms with Crippen LogP contribution in [-0.4, -0.2) is 4.57 Å². The first-order valence-electron chi connectivity index (χ1n) is 6.71. The van der Waals surface area contributed by atoms with E-state index >= 15 is 0 Å². The van der Waals surface area contributed by atoms with Gasteiger partial charge in [-0.3, -0.25) is 0 Å². The first-order valence-corrected chi connectivity index (χ1v) is 7.09. The van der Waals surface area contributed by atoms with E-state index in [1.54, 1.807) is 6.07 Å². The van der Waals surface area contributed by atoms with Crippen molar-refractivity contribution in [3.8, 4) is 0 Å². The predicted octanol–water partition coefficient (Wildman–Crippen LogP) is 5.33. The van der Waals surface area contributed by atoms with Crippen LogP contribution in [0.3, 0.4) is 0 Å². The van der Waals surface area contributed by atoms with Crippen molar-refractivity contribution in [3.05, 3.63) is 35.2 Å². The standard InChI is InChI=1S/C15H17ClFN/c16-13-10-15-11(9-14(13)17)7-8-18(15)12-5-3-1-2-4-6-12/h7-10,12H,1-6H2. The SMILES string of the molecule is Fc1cc2ccn(C3CCCCCC3)c2cc1Cl. The van der Waals surface area contributed by atoms with Gasteiger partial charge in [0.1, 0.15) is 5.82 Å². The third kappa shape index (κ3) is 2.14. The molecule has 0 atom stereocenters. The topological polar surface area (TPSA) is 4.93 Å². The Hall–Kier alpha value is -1.02. The zero-order chi connectivity index (χ0) is 12.5. The number of hydrogen-bond donors (Lipinski definition) is 0. The number of halogens is 2. The summed E-state index contributed by atoms with van der Waals surface area (Å²) in [6.45, 7) is 0. The second-order valence-electron chi connectivity index (χ2n) is 5.19. The molecule has 0 radical (unpaired) electrons. The average molecular weight is 266 g/mol. The van der Waals surface area contributed by atoms with Crippen molar-refractivity contribution in [2.24, 2.45) is 0 Å². The highest BCUT2D eigenvalue weighted by molar-refractivity contribution is 6.31. The normalized spacial score (nSPS) is 18.1. The van der Waals surface area contributed by atoms with E-state index in [-0.39, 0.29) is 10.8 Å². The molecule has 96 valence electrons. The molecule has 0 unspecified atom stereocenters. The summed E-state index contributed by atoms with van der Waals surface area (Å²) in [5, 5.41) is 1.16. The van der Waals surface area contributed by atoms with Crippen LogP contribution >= 0.6 is 11.6 Å². The van der Waals surface area contributed by atoms with Gasteiger partial charge >= 0.3 is 0 Å². The third-order valence-corrected chi connectivity index (χ3v) is 4.27. The summed E-state index contributed by atoms with van der Waals surface area (Å²) in [4.78, 5) is 0. The van der Waals surface area contributed by atoms with Crippen molar-refractivity contribution < 1.29 is 4.39 Å². The van der Waals surface area contributed by atoms with Crippen LogP contribution < -0.4 is 0 Å². The molecular weight excluding hydrogens is 249 g/mol. The van der Waals surface area contributed by atoms with Crippen LogP contribution in [0.4, 0.5) is 4.39 Å². The molecule has 1 aliphatic rings. The summed E-state index contributed by atoms with van der Waals surface area (Å²) in [7, 11) is 0. The molecule has 0 N–H and O–H groups in total. The minimum Gasteiger partial charge on any atom is -0.344 e. The Labute approximate surface area is 112 Å². The predicted molar refractivity (Wildman–Crippen MR) is 73.6 cm³/mol. The molecule has 18 heavy (non-hydrogen) atoms. The molecule has 1 nitrogen and oxygen atoms in total. The van der Waals surface area contributed by atoms with Crippen LogP contribution in [0, 0.1) is 5.82 Å². The molecule has 0 spiro atoms. The lowest BCUT2D eigenvalue weighted by Crippen LogP contribution is -2.06. The molecule has 1 heterocycles. The van der Waals surface area contributed by atoms with Crippen molar-refractivity contribution in [3.63, 3.8) is 0 Å². The van der Waals surface area contributed by atoms with Crippen molar-refractivity contribution in [2.75, 3.05) is 0 Å². The Kier molecular flexibility index (Phi) is 3.29. The second kappa shape index (κ2) is 4.93. The van der Waals surface area contributed by atoms with E-state index in [0.717, 1.165) is 10.9 Å². The summed E-state index contributed by atoms with van der Waals surface area (Å²) in [6, 6.07) is 5.83. The van der Waals surface area contributed by atoms with Crippen LogP contribution in [0.2, 0.25) is 5.02 Å². The molecule has 0 aliphatic heterocycles. The lowest BCUT2D eigenvalue weighted by Gasteiger charge is -2.18. The largest absolute Gasteiger partial charge is 0.344 e. The zero-order valence-electron chi connectivity index (χ0n) is 10.3. The van der Waals surface area contributed by atoms with E-state index in [1.165, 1.54) is 44.6 Å². The van der Waals surface area contributed by atoms with Gasteiger partial charge in [0.25, 0.3) is 0 Å². The van der Waals surface area contributed by atoms with Gasteiger partial charge in [-0.25, -0.2) is 4.39 Å². The Bertz CT molecular complexity index is 553. The molecule has 1 aromatic heterocycles. The molecule has 3 rings (SSSR count). The lowest BCUT2D eigenvalue weighted by atomic mass is 10.1. The summed E-state index contributed by atoms with van der Waals surface area (Å²) >= 11 is 5.90. The third-order valence-electron chi connectivity index (χ3n) is 3.98. The van der Waals surface area contributed by atoms with Crippen LogP contribution in [0.15, 0.2) is 24.4 Å². The first kappa shape index (κ1) is 12.0. The summed E-state index contributed by atoms with van der Waals surface area (Å²) in [5.41, 5.74) is 1.06. The number of benzene rings is 1. The average Bonchev–Trinajstić information content (AvgIpc) is 2.61. The van der Waals surface area contributed by atoms with Crippen molar-refractivity contribution in [1.82, 2.24) is 4.57 Å². The first-order chi connectivity index (χ1) is 8.75. The minimum atomic E-state index is -0.331. The molecule has 2 aromatic rings. The van der Waals surface area contributed by atoms with Crippen LogP contribution in [0.5, 0.6) is 0 Å². The van der Waals surface area contributed by atoms with Crippen molar-refractivity contribution in [1.29, 1.82) is 0 Å². The number of rotatable bonds is 1. The van der Waals surface area contributed by atoms with Gasteiger partial charge in [-0.1, -0.05) is 37.3 Å².